The molecule has 14 nitrogen and oxygen atoms in total. The van der Waals surface area contributed by atoms with E-state index in [0.717, 1.165) is 11.3 Å². The van der Waals surface area contributed by atoms with Crippen LogP contribution >= 0.6 is 0 Å². The minimum atomic E-state index is -4.04. The number of halogens is 2. The molecule has 1 saturated heterocycles. The molecule has 4 heterocycles. The average Bonchev–Trinajstić information content (AvgIpc) is 4.03. The summed E-state index contributed by atoms with van der Waals surface area (Å²) in [5.74, 6) is -2.33. The van der Waals surface area contributed by atoms with E-state index in [9.17, 15) is 41.5 Å². The van der Waals surface area contributed by atoms with Gasteiger partial charge in [-0.3, -0.25) is 24.0 Å². The molecule has 5 aliphatic rings. The van der Waals surface area contributed by atoms with Gasteiger partial charge in [0.2, 0.25) is 21.8 Å². The third-order valence-electron chi connectivity index (χ3n) is 12.3. The molecule has 3 N–H and O–H groups in total. The predicted molar refractivity (Wildman–Crippen MR) is 204 cm³/mol. The normalized spacial score (nSPS) is 29.0. The first-order chi connectivity index (χ1) is 26.9. The molecule has 17 heteroatoms. The summed E-state index contributed by atoms with van der Waals surface area (Å²) in [5.41, 5.74) is -0.953. The van der Waals surface area contributed by atoms with Crippen molar-refractivity contribution >= 4 is 44.7 Å². The smallest absolute Gasteiger partial charge is 0.407 e. The lowest BCUT2D eigenvalue weighted by atomic mass is 9.87. The van der Waals surface area contributed by atoms with Crippen LogP contribution in [-0.4, -0.2) is 99.8 Å². The number of pyridine rings is 1. The van der Waals surface area contributed by atoms with Crippen LogP contribution < -0.4 is 19.5 Å². The lowest BCUT2D eigenvalue weighted by molar-refractivity contribution is -0.143. The number of ether oxygens (including phenoxy) is 2. The van der Waals surface area contributed by atoms with E-state index >= 15 is 0 Å². The molecule has 2 saturated carbocycles. The predicted octanol–water partition coefficient (Wildman–Crippen LogP) is 5.21. The van der Waals surface area contributed by atoms with Crippen molar-refractivity contribution in [2.45, 2.75) is 133 Å². The Morgan fingerprint density at radius 1 is 1.16 bits per heavy atom. The SMILES string of the molecule is Cc1nc2ccc(OC(F)F)cc2c2c1O[C@]1(CC2)C[C@H]2C(=O)N[C@]3(C(=O)NS(=O)(=O)C4(C)CC4)C[C@H]3/C=C\CCCCC[C@H](N(CC(C)C)C(=O)O)C(=O)N2C1. The van der Waals surface area contributed by atoms with Crippen LogP contribution in [-0.2, 0) is 30.8 Å². The topological polar surface area (TPSA) is 185 Å². The van der Waals surface area contributed by atoms with E-state index in [4.69, 9.17) is 4.74 Å². The van der Waals surface area contributed by atoms with Crippen molar-refractivity contribution in [3.8, 4) is 11.5 Å². The van der Waals surface area contributed by atoms with Gasteiger partial charge in [-0.1, -0.05) is 38.8 Å². The molecule has 2 aromatic rings. The Kier molecular flexibility index (Phi) is 10.7. The number of rotatable bonds is 8. The number of hydrogen-bond acceptors (Lipinski definition) is 9. The largest absolute Gasteiger partial charge is 0.483 e. The molecule has 1 aromatic carbocycles. The molecule has 4 amide bonds. The number of nitrogens with one attached hydrogen (secondary N) is 2. The molecule has 2 aliphatic carbocycles. The highest BCUT2D eigenvalue weighted by atomic mass is 32.2. The third kappa shape index (κ3) is 7.87. The molecule has 310 valence electrons. The van der Waals surface area contributed by atoms with E-state index in [0.29, 0.717) is 72.9 Å². The first-order valence-corrected chi connectivity index (χ1v) is 21.3. The zero-order valence-corrected chi connectivity index (χ0v) is 33.5. The summed E-state index contributed by atoms with van der Waals surface area (Å²) in [7, 11) is -4.04. The number of hydrogen-bond donors (Lipinski definition) is 3. The number of sulfonamides is 1. The van der Waals surface area contributed by atoms with Crippen molar-refractivity contribution in [1.29, 1.82) is 0 Å². The standard InChI is InChI=1S/C40H51F2N5O9S/c1-23(2)21-46(37(51)52)30-11-9-7-5-6-8-10-25-19-40(25,35(50)45-57(53,54)38(4)16-17-38)44-33(48)31-20-39(22-47(31)34(30)49)15-14-27-28-18-26(55-36(41)42)12-13-29(28)43-24(3)32(27)56-39/h8,10,12-13,18,23,25,30-31,36H,5-7,9,11,14-17,19-22H2,1-4H3,(H,44,48)(H,45,50)(H,51,52)/b10-8-/t25-,30+,31+,39-,40-/m1/s1. The Morgan fingerprint density at radius 3 is 2.60 bits per heavy atom. The van der Waals surface area contributed by atoms with Crippen LogP contribution in [0.1, 0.15) is 96.2 Å². The second kappa shape index (κ2) is 15.0. The van der Waals surface area contributed by atoms with Gasteiger partial charge in [0.25, 0.3) is 5.91 Å². The molecule has 3 aliphatic heterocycles. The Bertz CT molecular complexity index is 2110. The molecule has 3 fully saturated rings. The van der Waals surface area contributed by atoms with Gasteiger partial charge in [-0.25, -0.2) is 18.2 Å². The Labute approximate surface area is 330 Å². The number of amides is 4. The van der Waals surface area contributed by atoms with Crippen LogP contribution in [0.25, 0.3) is 10.9 Å². The summed E-state index contributed by atoms with van der Waals surface area (Å²) in [5, 5.41) is 13.9. The number of alkyl halides is 2. The maximum absolute atomic E-state index is 14.9. The molecule has 5 atom stereocenters. The number of fused-ring (bicyclic) bond motifs is 5. The van der Waals surface area contributed by atoms with Gasteiger partial charge < -0.3 is 24.8 Å². The van der Waals surface area contributed by atoms with Crippen LogP contribution in [0.2, 0.25) is 0 Å². The number of carbonyl (C=O) groups excluding carboxylic acids is 3. The molecule has 7 rings (SSSR count). The highest BCUT2D eigenvalue weighted by Crippen LogP contribution is 2.49. The zero-order valence-electron chi connectivity index (χ0n) is 32.7. The maximum atomic E-state index is 14.9. The number of aromatic nitrogens is 1. The minimum Gasteiger partial charge on any atom is -0.483 e. The second-order valence-electron chi connectivity index (χ2n) is 17.1. The summed E-state index contributed by atoms with van der Waals surface area (Å²) >= 11 is 0. The number of benzene rings is 1. The highest BCUT2D eigenvalue weighted by Gasteiger charge is 2.64. The number of carboxylic acid groups (broad SMARTS) is 1. The third-order valence-corrected chi connectivity index (χ3v) is 14.5. The van der Waals surface area contributed by atoms with E-state index in [1.54, 1.807) is 19.9 Å². The molecule has 0 radical (unpaired) electrons. The first-order valence-electron chi connectivity index (χ1n) is 19.8. The van der Waals surface area contributed by atoms with Crippen molar-refractivity contribution in [3.05, 3.63) is 41.6 Å². The van der Waals surface area contributed by atoms with Crippen LogP contribution in [0.15, 0.2) is 30.4 Å². The Hall–Kier alpha value is -4.54. The maximum Gasteiger partial charge on any atom is 0.407 e. The fourth-order valence-electron chi connectivity index (χ4n) is 8.71. The quantitative estimate of drug-likeness (QED) is 0.299. The fraction of sp³-hybridized carbons (Fsp3) is 0.625. The summed E-state index contributed by atoms with van der Waals surface area (Å²) in [6.07, 6.45) is 6.98. The summed E-state index contributed by atoms with van der Waals surface area (Å²) in [4.78, 5) is 63.5. The molecule has 1 spiro atoms. The number of aryl methyl sites for hydroxylation is 2. The van der Waals surface area contributed by atoms with E-state index in [1.165, 1.54) is 17.0 Å². The summed E-state index contributed by atoms with van der Waals surface area (Å²) < 4.78 is 65.3. The number of carbonyl (C=O) groups is 4. The van der Waals surface area contributed by atoms with Gasteiger partial charge in [0.05, 0.1) is 22.5 Å². The minimum absolute atomic E-state index is 0.0193. The van der Waals surface area contributed by atoms with E-state index in [2.05, 4.69) is 19.8 Å². The Morgan fingerprint density at radius 2 is 1.91 bits per heavy atom. The van der Waals surface area contributed by atoms with Gasteiger partial charge in [-0.2, -0.15) is 8.78 Å². The molecular formula is C40H51F2N5O9S. The molecule has 0 bridgehead atoms. The average molecular weight is 816 g/mol. The van der Waals surface area contributed by atoms with Crippen molar-refractivity contribution in [3.63, 3.8) is 0 Å². The van der Waals surface area contributed by atoms with Gasteiger partial charge in [0.15, 0.2) is 0 Å². The van der Waals surface area contributed by atoms with Crippen LogP contribution in [0, 0.1) is 18.8 Å². The highest BCUT2D eigenvalue weighted by molar-refractivity contribution is 7.91. The molecule has 0 unspecified atom stereocenters. The lowest BCUT2D eigenvalue weighted by Crippen LogP contribution is -2.59. The lowest BCUT2D eigenvalue weighted by Gasteiger charge is -2.37. The summed E-state index contributed by atoms with van der Waals surface area (Å²) in [6, 6.07) is 2.17. The molecular weight excluding hydrogens is 765 g/mol. The van der Waals surface area contributed by atoms with Gasteiger partial charge >= 0.3 is 12.7 Å². The van der Waals surface area contributed by atoms with Gasteiger partial charge in [0, 0.05) is 29.8 Å². The van der Waals surface area contributed by atoms with Gasteiger partial charge in [0.1, 0.15) is 34.7 Å². The monoisotopic (exact) mass is 815 g/mol. The molecule has 1 aromatic heterocycles. The van der Waals surface area contributed by atoms with Gasteiger partial charge in [-0.05, 0) is 89.3 Å². The van der Waals surface area contributed by atoms with E-state index in [-0.39, 0.29) is 44.0 Å². The van der Waals surface area contributed by atoms with E-state index < -0.39 is 74.3 Å². The summed E-state index contributed by atoms with van der Waals surface area (Å²) in [6.45, 7) is 4.00. The zero-order chi connectivity index (χ0) is 41.1. The molecule has 57 heavy (non-hydrogen) atoms. The number of allylic oxidation sites excluding steroid dienone is 1. The van der Waals surface area contributed by atoms with Crippen molar-refractivity contribution < 1.29 is 51.0 Å². The number of nitrogens with zero attached hydrogens (tertiary/aromatic N) is 3. The van der Waals surface area contributed by atoms with Crippen LogP contribution in [0.5, 0.6) is 11.5 Å². The van der Waals surface area contributed by atoms with Crippen molar-refractivity contribution in [1.82, 2.24) is 24.8 Å². The van der Waals surface area contributed by atoms with Gasteiger partial charge in [-0.15, -0.1) is 0 Å². The van der Waals surface area contributed by atoms with Crippen molar-refractivity contribution in [2.24, 2.45) is 11.8 Å². The fourth-order valence-corrected chi connectivity index (χ4v) is 10.0. The second-order valence-corrected chi connectivity index (χ2v) is 19.3. The van der Waals surface area contributed by atoms with Crippen LogP contribution in [0.4, 0.5) is 13.6 Å². The van der Waals surface area contributed by atoms with Crippen LogP contribution in [0.3, 0.4) is 0 Å². The Balaban J connectivity index is 1.26. The van der Waals surface area contributed by atoms with Crippen molar-refractivity contribution in [2.75, 3.05) is 13.1 Å². The van der Waals surface area contributed by atoms with E-state index in [1.807, 2.05) is 26.0 Å². The first kappa shape index (κ1) is 40.6.